The van der Waals surface area contributed by atoms with Crippen molar-refractivity contribution in [2.45, 2.75) is 18.3 Å². The summed E-state index contributed by atoms with van der Waals surface area (Å²) < 4.78 is 0. The minimum absolute atomic E-state index is 0.244. The van der Waals surface area contributed by atoms with E-state index >= 15 is 0 Å². The second-order valence-electron chi connectivity index (χ2n) is 4.35. The van der Waals surface area contributed by atoms with E-state index in [0.29, 0.717) is 25.9 Å². The van der Waals surface area contributed by atoms with Crippen molar-refractivity contribution in [3.8, 4) is 0 Å². The summed E-state index contributed by atoms with van der Waals surface area (Å²) in [7, 11) is 5.72. The van der Waals surface area contributed by atoms with Crippen molar-refractivity contribution in [2.75, 3.05) is 13.1 Å². The Morgan fingerprint density at radius 1 is 1.25 bits per heavy atom. The number of hydrogen-bond acceptors (Lipinski definition) is 2. The van der Waals surface area contributed by atoms with Gasteiger partial charge in [0.25, 0.3) is 0 Å². The maximum atomic E-state index is 11.7. The van der Waals surface area contributed by atoms with Crippen molar-refractivity contribution in [2.24, 2.45) is 5.73 Å². The molecule has 84 valence electrons. The van der Waals surface area contributed by atoms with Crippen LogP contribution in [0.25, 0.3) is 0 Å². The zero-order chi connectivity index (χ0) is 11.6. The van der Waals surface area contributed by atoms with Gasteiger partial charge in [0, 0.05) is 7.05 Å². The Kier molecular flexibility index (Phi) is 2.97. The molecular formula is C13H16N2O. The lowest BCUT2D eigenvalue weighted by molar-refractivity contribution is -0.125. The highest BCUT2D eigenvalue weighted by Gasteiger charge is 2.40. The molecule has 2 rings (SSSR count). The molecule has 1 heterocycles. The van der Waals surface area contributed by atoms with E-state index in [9.17, 15) is 4.79 Å². The van der Waals surface area contributed by atoms with Crippen molar-refractivity contribution < 1.29 is 4.79 Å². The molecule has 0 aliphatic carbocycles. The molecule has 16 heavy (non-hydrogen) atoms. The fourth-order valence-corrected chi connectivity index (χ4v) is 2.34. The standard InChI is InChI=1S/C13H16N2O/c1-15-9-7-13(8-10-15,12(14)16)11-5-3-2-4-6-11/h1-6H,7-10H2,(H2,14,16). The first-order chi connectivity index (χ1) is 7.65. The van der Waals surface area contributed by atoms with Crippen molar-refractivity contribution in [1.82, 2.24) is 4.90 Å². The van der Waals surface area contributed by atoms with E-state index in [1.807, 2.05) is 30.3 Å². The Hall–Kier alpha value is -1.35. The molecule has 1 aromatic rings. The molecule has 1 aliphatic heterocycles. The quantitative estimate of drug-likeness (QED) is 0.806. The number of hydrogen-bond donors (Lipinski definition) is 1. The molecule has 0 bridgehead atoms. The van der Waals surface area contributed by atoms with Crippen LogP contribution in [0.1, 0.15) is 18.4 Å². The van der Waals surface area contributed by atoms with Crippen LogP contribution in [0.3, 0.4) is 0 Å². The minimum Gasteiger partial charge on any atom is -0.369 e. The van der Waals surface area contributed by atoms with Crippen LogP contribution >= 0.6 is 0 Å². The number of benzene rings is 1. The minimum atomic E-state index is -0.531. The third-order valence-corrected chi connectivity index (χ3v) is 3.45. The van der Waals surface area contributed by atoms with Gasteiger partial charge in [-0.05, 0) is 31.5 Å². The number of piperidine rings is 1. The Morgan fingerprint density at radius 2 is 1.81 bits per heavy atom. The van der Waals surface area contributed by atoms with Crippen LogP contribution in [0, 0.1) is 7.05 Å². The first-order valence-corrected chi connectivity index (χ1v) is 5.50. The monoisotopic (exact) mass is 216 g/mol. The third kappa shape index (κ3) is 1.83. The predicted molar refractivity (Wildman–Crippen MR) is 62.4 cm³/mol. The number of likely N-dealkylation sites (tertiary alicyclic amines) is 1. The van der Waals surface area contributed by atoms with Crippen molar-refractivity contribution in [1.29, 1.82) is 0 Å². The molecule has 3 heteroatoms. The molecule has 1 saturated heterocycles. The third-order valence-electron chi connectivity index (χ3n) is 3.45. The highest BCUT2D eigenvalue weighted by molar-refractivity contribution is 5.86. The van der Waals surface area contributed by atoms with Crippen LogP contribution in [0.15, 0.2) is 30.3 Å². The molecule has 0 atom stereocenters. The fraction of sp³-hybridized carbons (Fsp3) is 0.385. The Morgan fingerprint density at radius 3 is 2.31 bits per heavy atom. The summed E-state index contributed by atoms with van der Waals surface area (Å²) >= 11 is 0. The lowest BCUT2D eigenvalue weighted by Gasteiger charge is -2.38. The van der Waals surface area contributed by atoms with Gasteiger partial charge in [0.15, 0.2) is 0 Å². The van der Waals surface area contributed by atoms with Gasteiger partial charge in [0.1, 0.15) is 0 Å². The van der Waals surface area contributed by atoms with Crippen LogP contribution in [0.2, 0.25) is 0 Å². The average molecular weight is 216 g/mol. The summed E-state index contributed by atoms with van der Waals surface area (Å²) in [5, 5.41) is 0. The van der Waals surface area contributed by atoms with E-state index < -0.39 is 5.41 Å². The smallest absolute Gasteiger partial charge is 0.228 e. The highest BCUT2D eigenvalue weighted by atomic mass is 16.1. The number of nitrogens with two attached hydrogens (primary N) is 1. The topological polar surface area (TPSA) is 46.3 Å². The fourth-order valence-electron chi connectivity index (χ4n) is 2.34. The first kappa shape index (κ1) is 11.1. The highest BCUT2D eigenvalue weighted by Crippen LogP contribution is 2.34. The zero-order valence-corrected chi connectivity index (χ0v) is 9.23. The lowest BCUT2D eigenvalue weighted by atomic mass is 9.72. The Labute approximate surface area is 96.2 Å². The zero-order valence-electron chi connectivity index (χ0n) is 9.23. The average Bonchev–Trinajstić information content (AvgIpc) is 2.31. The van der Waals surface area contributed by atoms with Crippen molar-refractivity contribution in [3.63, 3.8) is 0 Å². The van der Waals surface area contributed by atoms with Crippen LogP contribution in [-0.4, -0.2) is 23.9 Å². The number of nitrogens with zero attached hydrogens (tertiary/aromatic N) is 1. The second-order valence-corrected chi connectivity index (χ2v) is 4.35. The summed E-state index contributed by atoms with van der Waals surface area (Å²) in [5.41, 5.74) is 6.06. The number of amides is 1. The van der Waals surface area contributed by atoms with Gasteiger partial charge < -0.3 is 5.73 Å². The van der Waals surface area contributed by atoms with Crippen LogP contribution in [-0.2, 0) is 10.2 Å². The van der Waals surface area contributed by atoms with E-state index in [2.05, 4.69) is 0 Å². The van der Waals surface area contributed by atoms with Gasteiger partial charge in [-0.3, -0.25) is 9.69 Å². The molecule has 0 spiro atoms. The number of rotatable bonds is 2. The molecule has 0 aromatic heterocycles. The van der Waals surface area contributed by atoms with Crippen molar-refractivity contribution in [3.05, 3.63) is 42.9 Å². The van der Waals surface area contributed by atoms with Gasteiger partial charge >= 0.3 is 0 Å². The molecule has 2 radical (unpaired) electrons. The molecule has 0 saturated carbocycles. The van der Waals surface area contributed by atoms with E-state index in [1.165, 1.54) is 0 Å². The van der Waals surface area contributed by atoms with E-state index in [1.54, 1.807) is 4.90 Å². The summed E-state index contributed by atoms with van der Waals surface area (Å²) in [6, 6.07) is 9.76. The van der Waals surface area contributed by atoms with Gasteiger partial charge in [-0.2, -0.15) is 0 Å². The Bertz CT molecular complexity index is 367. The number of primary amides is 1. The molecule has 1 fully saturated rings. The lowest BCUT2D eigenvalue weighted by Crippen LogP contribution is -2.48. The number of carbonyl (C=O) groups excluding carboxylic acids is 1. The van der Waals surface area contributed by atoms with E-state index in [0.717, 1.165) is 5.56 Å². The SMILES string of the molecule is [CH]N1CCC(C(N)=O)(c2ccccc2)CC1. The van der Waals surface area contributed by atoms with Crippen LogP contribution in [0.4, 0.5) is 0 Å². The molecule has 0 unspecified atom stereocenters. The van der Waals surface area contributed by atoms with Crippen LogP contribution < -0.4 is 5.73 Å². The maximum absolute atomic E-state index is 11.7. The molecular weight excluding hydrogens is 200 g/mol. The Balaban J connectivity index is 2.34. The first-order valence-electron chi connectivity index (χ1n) is 5.50. The second kappa shape index (κ2) is 4.26. The molecule has 1 aromatic carbocycles. The van der Waals surface area contributed by atoms with Gasteiger partial charge in [-0.25, -0.2) is 0 Å². The van der Waals surface area contributed by atoms with Gasteiger partial charge in [-0.1, -0.05) is 30.3 Å². The van der Waals surface area contributed by atoms with E-state index in [4.69, 9.17) is 12.8 Å². The maximum Gasteiger partial charge on any atom is 0.228 e. The molecule has 2 N–H and O–H groups in total. The summed E-state index contributed by atoms with van der Waals surface area (Å²) in [4.78, 5) is 13.5. The van der Waals surface area contributed by atoms with Gasteiger partial charge in [-0.15, -0.1) is 0 Å². The molecule has 1 amide bonds. The molecule has 3 nitrogen and oxygen atoms in total. The van der Waals surface area contributed by atoms with Gasteiger partial charge in [0.05, 0.1) is 5.41 Å². The van der Waals surface area contributed by atoms with Crippen molar-refractivity contribution >= 4 is 5.91 Å². The molecule has 1 aliphatic rings. The van der Waals surface area contributed by atoms with Gasteiger partial charge in [0.2, 0.25) is 5.91 Å². The predicted octanol–water partition coefficient (Wildman–Crippen LogP) is 1.17. The number of carbonyl (C=O) groups is 1. The van der Waals surface area contributed by atoms with Crippen LogP contribution in [0.5, 0.6) is 0 Å². The summed E-state index contributed by atoms with van der Waals surface area (Å²) in [6.45, 7) is 1.41. The largest absolute Gasteiger partial charge is 0.369 e. The van der Waals surface area contributed by atoms with E-state index in [-0.39, 0.29) is 5.91 Å². The summed E-state index contributed by atoms with van der Waals surface area (Å²) in [5.74, 6) is -0.244. The normalized spacial score (nSPS) is 20.6. The summed E-state index contributed by atoms with van der Waals surface area (Å²) in [6.07, 6.45) is 1.39.